The van der Waals surface area contributed by atoms with Gasteiger partial charge in [-0.1, -0.05) is 440 Å². The van der Waals surface area contributed by atoms with Gasteiger partial charge in [0.1, 0.15) is 11.2 Å². The second-order valence-corrected chi connectivity index (χ2v) is 42.9. The van der Waals surface area contributed by atoms with Gasteiger partial charge in [0.2, 0.25) is 0 Å². The van der Waals surface area contributed by atoms with Gasteiger partial charge in [0.05, 0.1) is 34.2 Å². The van der Waals surface area contributed by atoms with Crippen LogP contribution in [-0.4, -0.2) is 29.9 Å². The third-order valence-electron chi connectivity index (χ3n) is 32.7. The number of hydrogen-bond donors (Lipinski definition) is 0. The van der Waals surface area contributed by atoms with Gasteiger partial charge in [0, 0.05) is 134 Å². The summed E-state index contributed by atoms with van der Waals surface area (Å²) in [5, 5.41) is 7.33. The van der Waals surface area contributed by atoms with Crippen LogP contribution >= 0.6 is 22.7 Å². The lowest BCUT2D eigenvalue weighted by Gasteiger charge is -2.36. The minimum Gasteiger partial charge on any atom is -0.455 e. The van der Waals surface area contributed by atoms with E-state index in [1.165, 1.54) is 220 Å². The molecule has 3 fully saturated rings. The van der Waals surface area contributed by atoms with E-state index in [1.807, 2.05) is 71.2 Å². The van der Waals surface area contributed by atoms with Crippen LogP contribution in [0.1, 0.15) is 130 Å². The third kappa shape index (κ3) is 15.0. The van der Waals surface area contributed by atoms with Gasteiger partial charge in [-0.05, 0) is 177 Å². The number of rotatable bonds is 12. The van der Waals surface area contributed by atoms with Gasteiger partial charge in [-0.25, -0.2) is 29.9 Å². The zero-order chi connectivity index (χ0) is 97.1. The van der Waals surface area contributed by atoms with E-state index in [2.05, 4.69) is 388 Å². The number of aromatic nitrogens is 6. The van der Waals surface area contributed by atoms with Crippen LogP contribution in [0.25, 0.3) is 231 Å². The van der Waals surface area contributed by atoms with E-state index in [4.69, 9.17) is 34.3 Å². The molecule has 24 aromatic rings. The maximum Gasteiger partial charge on any atom is 0.161 e. The van der Waals surface area contributed by atoms with Crippen LogP contribution in [0.15, 0.2) is 441 Å². The Labute approximate surface area is 863 Å². The summed E-state index contributed by atoms with van der Waals surface area (Å²) in [6.45, 7) is 0. The molecule has 18 aromatic carbocycles. The van der Waals surface area contributed by atoms with Crippen LogP contribution in [0.5, 0.6) is 0 Å². The van der Waals surface area contributed by atoms with Gasteiger partial charge in [-0.3, -0.25) is 0 Å². The van der Waals surface area contributed by atoms with Crippen molar-refractivity contribution in [3.63, 3.8) is 0 Å². The molecule has 3 spiro atoms. The Kier molecular flexibility index (Phi) is 22.0. The van der Waals surface area contributed by atoms with Gasteiger partial charge in [0.25, 0.3) is 0 Å². The van der Waals surface area contributed by atoms with E-state index >= 15 is 0 Å². The highest BCUT2D eigenvalue weighted by molar-refractivity contribution is 7.27. The molecule has 0 amide bonds. The van der Waals surface area contributed by atoms with Crippen LogP contribution in [-0.2, 0) is 16.2 Å². The zero-order valence-electron chi connectivity index (χ0n) is 81.6. The van der Waals surface area contributed by atoms with E-state index in [1.54, 1.807) is 11.1 Å². The second kappa shape index (κ2) is 36.6. The lowest BCUT2D eigenvalue weighted by Crippen LogP contribution is -2.27. The standard InChI is InChI=1S/C46H34N2O.2C46H34N2S/c1-4-14-30(15-5-1)40-29-41(48-45(47-40)31-16-6-2-7-17-31)32-24-25-42-37(28-32)35-21-12-20-34(44(35)49-42)33-19-13-23-39-43(33)36-18-8-9-22-38(36)46(39)26-10-3-11-27-46;1-4-15-30(16-5-1)40-29-41(31-17-6-2-7-18-31)48-45(47-40)37-24-13-23-35-34-22-12-21-33(43(34)49-44(35)37)32-20-14-26-39-42(32)36-19-8-9-25-38(36)46(39)27-10-3-11-28-46;1-4-14-30(15-5-1)40-29-41(48-45(47-40)31-16-6-2-7-17-31)32-24-25-42-37(28-32)35-21-12-20-34(44(35)49-42)33-19-13-23-39-43(33)36-18-8-9-22-38(36)46(39)26-10-3-11-27-46/h1-2,4-9,12-25,28-29H,3,10-11,26-27H2;1-2,4-9,12-26,29H,3,10-11,27-28H2;1-2,4-9,12-25,28-29H,3,10-11,26-27H2. The SMILES string of the molecule is c1ccc(-c2cc(-c3ccc4oc5c(-c6cccc7c6-c6ccccc6C76CCCCC6)cccc5c4c3)nc(-c3ccccc3)n2)cc1.c1ccc(-c2cc(-c3ccc4sc5c(-c6cccc7c6-c6ccccc6C76CCCCC6)cccc5c4c3)nc(-c3ccccc3)n2)cc1.c1ccc(-c2cc(-c3ccccc3)nc(-c3cccc4c3sc3c(-c5cccc6c5-c5ccccc5C65CCCCC5)cccc34)n2)cc1. The van der Waals surface area contributed by atoms with E-state index in [9.17, 15) is 0 Å². The molecule has 702 valence electrons. The van der Waals surface area contributed by atoms with Gasteiger partial charge in [0.15, 0.2) is 17.5 Å². The smallest absolute Gasteiger partial charge is 0.161 e. The molecule has 30 rings (SSSR count). The molecule has 6 aliphatic carbocycles. The average Bonchev–Trinajstić information content (AvgIpc) is 1.55. The first-order chi connectivity index (χ1) is 72.8. The number of nitrogens with zero attached hydrogens (tertiary/aromatic N) is 6. The quantitative estimate of drug-likeness (QED) is 0.120. The Balaban J connectivity index is 0.000000107. The number of thiophene rings is 2. The molecule has 0 N–H and O–H groups in total. The van der Waals surface area contributed by atoms with Crippen LogP contribution < -0.4 is 0 Å². The Morgan fingerprint density at radius 3 is 0.878 bits per heavy atom. The first kappa shape index (κ1) is 88.2. The van der Waals surface area contributed by atoms with Gasteiger partial charge >= 0.3 is 0 Å². The summed E-state index contributed by atoms with van der Waals surface area (Å²) in [5.41, 5.74) is 42.7. The largest absolute Gasteiger partial charge is 0.455 e. The molecule has 0 bridgehead atoms. The fraction of sp³-hybridized carbons (Fsp3) is 0.130. The fourth-order valence-corrected chi connectivity index (χ4v) is 28.6. The second-order valence-electron chi connectivity index (χ2n) is 40.8. The summed E-state index contributed by atoms with van der Waals surface area (Å²) in [6.07, 6.45) is 19.2. The highest BCUT2D eigenvalue weighted by Crippen LogP contribution is 2.63. The summed E-state index contributed by atoms with van der Waals surface area (Å²) in [4.78, 5) is 30.7. The predicted molar refractivity (Wildman–Crippen MR) is 612 cm³/mol. The number of fused-ring (bicyclic) bond motifs is 24. The van der Waals surface area contributed by atoms with E-state index < -0.39 is 0 Å². The number of furan rings is 1. The number of hydrogen-bond acceptors (Lipinski definition) is 9. The normalized spacial score (nSPS) is 14.7. The third-order valence-corrected chi connectivity index (χ3v) is 35.2. The Morgan fingerprint density at radius 2 is 0.469 bits per heavy atom. The van der Waals surface area contributed by atoms with Crippen molar-refractivity contribution in [1.29, 1.82) is 0 Å². The average molecular weight is 1920 g/mol. The van der Waals surface area contributed by atoms with Crippen molar-refractivity contribution in [2.45, 2.75) is 113 Å². The summed E-state index contributed by atoms with van der Waals surface area (Å²) in [7, 11) is 0. The molecular formula is C138H102N6OS2. The molecule has 3 saturated carbocycles. The molecule has 0 aliphatic heterocycles. The summed E-state index contributed by atoms with van der Waals surface area (Å²) in [6, 6.07) is 158. The topological polar surface area (TPSA) is 90.5 Å². The monoisotopic (exact) mass is 1920 g/mol. The maximum atomic E-state index is 6.77. The van der Waals surface area contributed by atoms with Gasteiger partial charge in [-0.15, -0.1) is 22.7 Å². The highest BCUT2D eigenvalue weighted by atomic mass is 32.1. The molecule has 6 heterocycles. The minimum atomic E-state index is 0.117. The van der Waals surface area contributed by atoms with Crippen molar-refractivity contribution in [3.05, 3.63) is 470 Å². The Hall–Kier alpha value is -16.6. The zero-order valence-corrected chi connectivity index (χ0v) is 83.2. The Morgan fingerprint density at radius 1 is 0.184 bits per heavy atom. The molecule has 0 unspecified atom stereocenters. The minimum absolute atomic E-state index is 0.117. The van der Waals surface area contributed by atoms with E-state index in [-0.39, 0.29) is 16.2 Å². The lowest BCUT2D eigenvalue weighted by molar-refractivity contribution is 0.353. The van der Waals surface area contributed by atoms with Gasteiger partial charge < -0.3 is 4.42 Å². The van der Waals surface area contributed by atoms with E-state index in [0.717, 1.165) is 123 Å². The molecular weight excluding hydrogens is 1820 g/mol. The van der Waals surface area contributed by atoms with Crippen molar-refractivity contribution in [2.75, 3.05) is 0 Å². The predicted octanol–water partition coefficient (Wildman–Crippen LogP) is 37.8. The summed E-state index contributed by atoms with van der Waals surface area (Å²) >= 11 is 3.79. The lowest BCUT2D eigenvalue weighted by atomic mass is 9.68. The first-order valence-corrected chi connectivity index (χ1v) is 54.0. The van der Waals surface area contributed by atoms with Crippen molar-refractivity contribution in [2.24, 2.45) is 0 Å². The van der Waals surface area contributed by atoms with Crippen LogP contribution in [0.3, 0.4) is 0 Å². The van der Waals surface area contributed by atoms with Crippen molar-refractivity contribution in [3.8, 4) is 168 Å². The number of benzene rings is 18. The molecule has 0 radical (unpaired) electrons. The summed E-state index contributed by atoms with van der Waals surface area (Å²) < 4.78 is 12.0. The number of para-hydroxylation sites is 1. The van der Waals surface area contributed by atoms with Crippen LogP contribution in [0, 0.1) is 0 Å². The molecule has 6 aliphatic rings. The highest BCUT2D eigenvalue weighted by Gasteiger charge is 2.48. The fourth-order valence-electron chi connectivity index (χ4n) is 26.0. The molecule has 0 saturated heterocycles. The molecule has 147 heavy (non-hydrogen) atoms. The Bertz CT molecular complexity index is 8730. The molecule has 0 atom stereocenters. The van der Waals surface area contributed by atoms with Crippen LogP contribution in [0.4, 0.5) is 0 Å². The van der Waals surface area contributed by atoms with Crippen molar-refractivity contribution >= 4 is 85.0 Å². The van der Waals surface area contributed by atoms with Crippen molar-refractivity contribution < 1.29 is 4.42 Å². The van der Waals surface area contributed by atoms with Gasteiger partial charge in [-0.2, -0.15) is 0 Å². The van der Waals surface area contributed by atoms with Crippen molar-refractivity contribution in [1.82, 2.24) is 29.9 Å². The molecule has 9 heteroatoms. The maximum absolute atomic E-state index is 6.77. The molecule has 7 nitrogen and oxygen atoms in total. The van der Waals surface area contributed by atoms with E-state index in [0.29, 0.717) is 5.82 Å². The first-order valence-electron chi connectivity index (χ1n) is 52.4. The summed E-state index contributed by atoms with van der Waals surface area (Å²) in [5.74, 6) is 2.21. The van der Waals surface area contributed by atoms with Crippen LogP contribution in [0.2, 0.25) is 0 Å². The molecule has 6 aromatic heterocycles.